The first-order chi connectivity index (χ1) is 12.7. The van der Waals surface area contributed by atoms with Gasteiger partial charge >= 0.3 is 5.97 Å². The van der Waals surface area contributed by atoms with E-state index in [4.69, 9.17) is 4.74 Å². The number of ether oxygens (including phenoxy) is 1. The lowest BCUT2D eigenvalue weighted by Gasteiger charge is -2.59. The number of hydrogen-bond donors (Lipinski definition) is 1. The first kappa shape index (κ1) is 19.4. The number of fused-ring (bicyclic) bond motifs is 5. The Kier molecular flexibility index (Phi) is 4.73. The van der Waals surface area contributed by atoms with E-state index in [1.165, 1.54) is 0 Å². The summed E-state index contributed by atoms with van der Waals surface area (Å²) in [5.74, 6) is 1.61. The molecule has 4 heteroatoms. The van der Waals surface area contributed by atoms with Crippen molar-refractivity contribution in [2.24, 2.45) is 40.4 Å². The van der Waals surface area contributed by atoms with Crippen molar-refractivity contribution in [3.05, 3.63) is 0 Å². The molecular weight excluding hydrogens is 340 g/mol. The van der Waals surface area contributed by atoms with Crippen LogP contribution in [0.15, 0.2) is 0 Å². The van der Waals surface area contributed by atoms with E-state index in [0.29, 0.717) is 30.0 Å². The van der Waals surface area contributed by atoms with Crippen LogP contribution in [0.25, 0.3) is 0 Å². The van der Waals surface area contributed by atoms with E-state index in [2.05, 4.69) is 13.8 Å². The summed E-state index contributed by atoms with van der Waals surface area (Å²) in [4.78, 5) is 26.2. The third-order valence-corrected chi connectivity index (χ3v) is 8.96. The SMILES string of the molecule is CC(C)OC(=O)[C@H]1CC[C@H]2[C@@H]3CC[C@H]4C[C@H](O)CC[C@]4(C)[C@H]3C(=O)C[C@]12C. The van der Waals surface area contributed by atoms with Gasteiger partial charge in [-0.15, -0.1) is 0 Å². The first-order valence-corrected chi connectivity index (χ1v) is 11.1. The Balaban J connectivity index is 1.62. The number of aliphatic hydroxyl groups excluding tert-OH is 1. The second-order valence-electron chi connectivity index (χ2n) is 10.7. The van der Waals surface area contributed by atoms with Crippen molar-refractivity contribution >= 4 is 11.8 Å². The largest absolute Gasteiger partial charge is 0.463 e. The molecule has 4 fully saturated rings. The van der Waals surface area contributed by atoms with E-state index in [-0.39, 0.29) is 40.8 Å². The van der Waals surface area contributed by atoms with E-state index in [9.17, 15) is 14.7 Å². The molecule has 0 spiro atoms. The summed E-state index contributed by atoms with van der Waals surface area (Å²) in [5.41, 5.74) is -0.196. The number of carbonyl (C=O) groups excluding carboxylic acids is 2. The normalized spacial score (nSPS) is 49.3. The van der Waals surface area contributed by atoms with E-state index in [1.54, 1.807) is 0 Å². The molecule has 4 aliphatic carbocycles. The quantitative estimate of drug-likeness (QED) is 0.736. The molecule has 1 N–H and O–H groups in total. The summed E-state index contributed by atoms with van der Waals surface area (Å²) in [6.07, 6.45) is 7.00. The third kappa shape index (κ3) is 2.89. The average molecular weight is 377 g/mol. The topological polar surface area (TPSA) is 63.6 Å². The lowest BCUT2D eigenvalue weighted by Crippen LogP contribution is -2.58. The predicted molar refractivity (Wildman–Crippen MR) is 103 cm³/mol. The molecule has 0 radical (unpaired) electrons. The Labute approximate surface area is 163 Å². The maximum Gasteiger partial charge on any atom is 0.309 e. The number of esters is 1. The monoisotopic (exact) mass is 376 g/mol. The zero-order valence-electron chi connectivity index (χ0n) is 17.4. The van der Waals surface area contributed by atoms with Crippen LogP contribution in [0.3, 0.4) is 0 Å². The van der Waals surface area contributed by atoms with Crippen LogP contribution < -0.4 is 0 Å². The van der Waals surface area contributed by atoms with Crippen LogP contribution in [-0.4, -0.2) is 29.1 Å². The van der Waals surface area contributed by atoms with Crippen LogP contribution in [0.2, 0.25) is 0 Å². The Morgan fingerprint density at radius 1 is 1.11 bits per heavy atom. The number of rotatable bonds is 2. The third-order valence-electron chi connectivity index (χ3n) is 8.96. The molecule has 27 heavy (non-hydrogen) atoms. The first-order valence-electron chi connectivity index (χ1n) is 11.1. The van der Waals surface area contributed by atoms with Gasteiger partial charge in [-0.05, 0) is 87.4 Å². The molecule has 0 heterocycles. The number of ketones is 1. The Bertz CT molecular complexity index is 628. The summed E-state index contributed by atoms with van der Waals surface area (Å²) < 4.78 is 5.56. The molecule has 4 rings (SSSR count). The fourth-order valence-corrected chi connectivity index (χ4v) is 7.75. The summed E-state index contributed by atoms with van der Waals surface area (Å²) in [5, 5.41) is 10.1. The average Bonchev–Trinajstić information content (AvgIpc) is 2.91. The highest BCUT2D eigenvalue weighted by atomic mass is 16.5. The van der Waals surface area contributed by atoms with Gasteiger partial charge in [0.25, 0.3) is 0 Å². The van der Waals surface area contributed by atoms with Crippen molar-refractivity contribution in [2.75, 3.05) is 0 Å². The molecule has 152 valence electrons. The molecule has 4 saturated carbocycles. The lowest BCUT2D eigenvalue weighted by molar-refractivity contribution is -0.169. The molecule has 0 unspecified atom stereocenters. The van der Waals surface area contributed by atoms with Crippen molar-refractivity contribution in [2.45, 2.75) is 91.3 Å². The Hall–Kier alpha value is -0.900. The van der Waals surface area contributed by atoms with Gasteiger partial charge in [-0.1, -0.05) is 13.8 Å². The minimum atomic E-state index is -0.235. The van der Waals surface area contributed by atoms with Crippen LogP contribution >= 0.6 is 0 Å². The standard InChI is InChI=1S/C23H36O4/c1-13(2)27-21(26)18-8-7-17-16-6-5-14-11-15(24)9-10-22(14,3)20(16)19(25)12-23(17,18)4/h13-18,20,24H,5-12H2,1-4H3/t14-,15+,16-,17-,18+,20+,22-,23-/m0/s1. The summed E-state index contributed by atoms with van der Waals surface area (Å²) in [7, 11) is 0. The molecular formula is C23H36O4. The maximum absolute atomic E-state index is 13.5. The van der Waals surface area contributed by atoms with Crippen molar-refractivity contribution in [3.63, 3.8) is 0 Å². The number of hydrogen-bond acceptors (Lipinski definition) is 4. The van der Waals surface area contributed by atoms with E-state index in [1.807, 2.05) is 13.8 Å². The smallest absolute Gasteiger partial charge is 0.309 e. The van der Waals surface area contributed by atoms with Gasteiger partial charge in [-0.25, -0.2) is 0 Å². The van der Waals surface area contributed by atoms with E-state index >= 15 is 0 Å². The second kappa shape index (κ2) is 6.57. The Morgan fingerprint density at radius 3 is 2.56 bits per heavy atom. The number of carbonyl (C=O) groups is 2. The highest BCUT2D eigenvalue weighted by molar-refractivity contribution is 5.86. The number of Topliss-reactive ketones (excluding diaryl/α,β-unsaturated/α-hetero) is 1. The zero-order chi connectivity index (χ0) is 19.6. The minimum absolute atomic E-state index is 0.0388. The van der Waals surface area contributed by atoms with Crippen LogP contribution in [0.1, 0.15) is 79.1 Å². The van der Waals surface area contributed by atoms with E-state index < -0.39 is 0 Å². The highest BCUT2D eigenvalue weighted by Gasteiger charge is 2.64. The fraction of sp³-hybridized carbons (Fsp3) is 0.913. The lowest BCUT2D eigenvalue weighted by atomic mass is 9.44. The molecule has 4 aliphatic rings. The van der Waals surface area contributed by atoms with Crippen LogP contribution in [0.5, 0.6) is 0 Å². The fourth-order valence-electron chi connectivity index (χ4n) is 7.75. The highest BCUT2D eigenvalue weighted by Crippen LogP contribution is 2.66. The van der Waals surface area contributed by atoms with Crippen LogP contribution in [0.4, 0.5) is 0 Å². The predicted octanol–water partition coefficient (Wildman–Crippen LogP) is 4.14. The van der Waals surface area contributed by atoms with Gasteiger partial charge in [0.1, 0.15) is 5.78 Å². The van der Waals surface area contributed by atoms with Gasteiger partial charge in [0, 0.05) is 12.3 Å². The molecule has 4 nitrogen and oxygen atoms in total. The molecule has 0 aromatic carbocycles. The summed E-state index contributed by atoms with van der Waals surface area (Å²) >= 11 is 0. The molecule has 0 aromatic heterocycles. The molecule has 0 amide bonds. The molecule has 0 aromatic rings. The van der Waals surface area contributed by atoms with Crippen molar-refractivity contribution in [1.82, 2.24) is 0 Å². The van der Waals surface area contributed by atoms with Gasteiger partial charge in [0.2, 0.25) is 0 Å². The summed E-state index contributed by atoms with van der Waals surface area (Å²) in [6, 6.07) is 0. The van der Waals surface area contributed by atoms with Crippen LogP contribution in [-0.2, 0) is 14.3 Å². The van der Waals surface area contributed by atoms with Gasteiger partial charge in [0.05, 0.1) is 18.1 Å². The van der Waals surface area contributed by atoms with Gasteiger partial charge in [0.15, 0.2) is 0 Å². The molecule has 0 bridgehead atoms. The van der Waals surface area contributed by atoms with E-state index in [0.717, 1.165) is 44.9 Å². The number of aliphatic hydroxyl groups is 1. The molecule has 0 aliphatic heterocycles. The minimum Gasteiger partial charge on any atom is -0.463 e. The molecule has 8 atom stereocenters. The van der Waals surface area contributed by atoms with Gasteiger partial charge in [-0.3, -0.25) is 9.59 Å². The van der Waals surface area contributed by atoms with Crippen molar-refractivity contribution < 1.29 is 19.4 Å². The Morgan fingerprint density at radius 2 is 1.85 bits per heavy atom. The maximum atomic E-state index is 13.5. The van der Waals surface area contributed by atoms with Crippen molar-refractivity contribution in [1.29, 1.82) is 0 Å². The zero-order valence-corrected chi connectivity index (χ0v) is 17.4. The van der Waals surface area contributed by atoms with Crippen LogP contribution in [0, 0.1) is 40.4 Å². The second-order valence-corrected chi connectivity index (χ2v) is 10.7. The van der Waals surface area contributed by atoms with Crippen molar-refractivity contribution in [3.8, 4) is 0 Å². The summed E-state index contributed by atoms with van der Waals surface area (Å²) in [6.45, 7) is 8.30. The molecule has 0 saturated heterocycles. The van der Waals surface area contributed by atoms with Gasteiger partial charge < -0.3 is 9.84 Å². The van der Waals surface area contributed by atoms with Gasteiger partial charge in [-0.2, -0.15) is 0 Å².